The Morgan fingerprint density at radius 3 is 2.19 bits per heavy atom. The molecule has 0 radical (unpaired) electrons. The fourth-order valence-corrected chi connectivity index (χ4v) is 1.46. The molecule has 0 bridgehead atoms. The van der Waals surface area contributed by atoms with E-state index in [-0.39, 0.29) is 0 Å². The molecule has 0 N–H and O–H groups in total. The average Bonchev–Trinajstić information content (AvgIpc) is 2.31. The molecule has 0 fully saturated rings. The zero-order valence-corrected chi connectivity index (χ0v) is 9.26. The van der Waals surface area contributed by atoms with Crippen molar-refractivity contribution >= 4 is 23.5 Å². The van der Waals surface area contributed by atoms with Gasteiger partial charge in [-0.2, -0.15) is 4.74 Å². The average molecular weight is 232 g/mol. The Kier molecular flexibility index (Phi) is 3.22. The number of halogens is 1. The summed E-state index contributed by atoms with van der Waals surface area (Å²) in [7, 11) is 0. The van der Waals surface area contributed by atoms with Gasteiger partial charge in [-0.25, -0.2) is 0 Å². The Hall–Kier alpha value is -1.80. The maximum absolute atomic E-state index is 11.7. The second-order valence-corrected chi connectivity index (χ2v) is 3.78. The second kappa shape index (κ2) is 4.81. The van der Waals surface area contributed by atoms with Crippen molar-refractivity contribution in [2.45, 2.75) is 0 Å². The minimum Gasteiger partial charge on any atom is -0.618 e. The lowest BCUT2D eigenvalue weighted by Crippen LogP contribution is -1.98. The topological polar surface area (TPSA) is 26.1 Å². The zero-order chi connectivity index (χ0) is 11.4. The van der Waals surface area contributed by atoms with Crippen LogP contribution in [0, 0.1) is 5.21 Å². The third-order valence-corrected chi connectivity index (χ3v) is 2.40. The van der Waals surface area contributed by atoms with Crippen LogP contribution in [-0.4, -0.2) is 11.0 Å². The van der Waals surface area contributed by atoms with Gasteiger partial charge in [-0.05, 0) is 24.3 Å². The van der Waals surface area contributed by atoms with Crippen LogP contribution in [0.1, 0.15) is 5.56 Å². The minimum atomic E-state index is 0.563. The largest absolute Gasteiger partial charge is 0.618 e. The van der Waals surface area contributed by atoms with E-state index in [0.717, 1.165) is 10.3 Å². The summed E-state index contributed by atoms with van der Waals surface area (Å²) in [6.07, 6.45) is 1.53. The highest BCUT2D eigenvalue weighted by atomic mass is 35.5. The van der Waals surface area contributed by atoms with Gasteiger partial charge in [0.2, 0.25) is 5.69 Å². The Bertz CT molecular complexity index is 491. The van der Waals surface area contributed by atoms with Crippen LogP contribution in [0.5, 0.6) is 0 Å². The quantitative estimate of drug-likeness (QED) is 0.336. The van der Waals surface area contributed by atoms with E-state index in [0.29, 0.717) is 10.7 Å². The van der Waals surface area contributed by atoms with Crippen LogP contribution in [0.25, 0.3) is 0 Å². The fourth-order valence-electron chi connectivity index (χ4n) is 1.34. The van der Waals surface area contributed by atoms with Crippen LogP contribution in [0.4, 0.5) is 5.69 Å². The third-order valence-electron chi connectivity index (χ3n) is 2.15. The monoisotopic (exact) mass is 231 g/mol. The second-order valence-electron chi connectivity index (χ2n) is 3.34. The summed E-state index contributed by atoms with van der Waals surface area (Å²) >= 11 is 5.75. The van der Waals surface area contributed by atoms with Crippen LogP contribution in [0.3, 0.4) is 0 Å². The van der Waals surface area contributed by atoms with Gasteiger partial charge in [0.15, 0.2) is 6.21 Å². The molecule has 0 unspecified atom stereocenters. The van der Waals surface area contributed by atoms with E-state index in [2.05, 4.69) is 0 Å². The highest BCUT2D eigenvalue weighted by molar-refractivity contribution is 6.30. The van der Waals surface area contributed by atoms with Crippen molar-refractivity contribution in [3.8, 4) is 0 Å². The van der Waals surface area contributed by atoms with Gasteiger partial charge in [0.25, 0.3) is 0 Å². The highest BCUT2D eigenvalue weighted by Gasteiger charge is 2.00. The lowest BCUT2D eigenvalue weighted by Gasteiger charge is -2.02. The molecule has 2 nitrogen and oxygen atoms in total. The molecule has 0 aliphatic rings. The molecule has 80 valence electrons. The highest BCUT2D eigenvalue weighted by Crippen LogP contribution is 2.15. The molecular formula is C13H10ClNO. The van der Waals surface area contributed by atoms with Crippen LogP contribution in [0.15, 0.2) is 54.6 Å². The molecule has 0 saturated heterocycles. The van der Waals surface area contributed by atoms with Gasteiger partial charge < -0.3 is 5.21 Å². The van der Waals surface area contributed by atoms with Gasteiger partial charge >= 0.3 is 0 Å². The summed E-state index contributed by atoms with van der Waals surface area (Å²) in [5.74, 6) is 0. The number of rotatable bonds is 2. The fraction of sp³-hybridized carbons (Fsp3) is 0. The molecule has 2 aromatic carbocycles. The van der Waals surface area contributed by atoms with Gasteiger partial charge in [-0.15, -0.1) is 0 Å². The normalized spacial score (nSPS) is 11.4. The Morgan fingerprint density at radius 1 is 0.938 bits per heavy atom. The smallest absolute Gasteiger partial charge is 0.216 e. The molecule has 2 aromatic rings. The Balaban J connectivity index is 2.28. The van der Waals surface area contributed by atoms with E-state index in [1.807, 2.05) is 30.3 Å². The summed E-state index contributed by atoms with van der Waals surface area (Å²) in [5.41, 5.74) is 1.43. The lowest BCUT2D eigenvalue weighted by molar-refractivity contribution is -0.354. The van der Waals surface area contributed by atoms with E-state index in [9.17, 15) is 5.21 Å². The van der Waals surface area contributed by atoms with Crippen molar-refractivity contribution in [3.05, 3.63) is 70.4 Å². The molecule has 0 amide bonds. The molecule has 0 atom stereocenters. The summed E-state index contributed by atoms with van der Waals surface area (Å²) < 4.78 is 0.825. The van der Waals surface area contributed by atoms with E-state index in [1.54, 1.807) is 24.3 Å². The molecule has 16 heavy (non-hydrogen) atoms. The Labute approximate surface area is 99.0 Å². The van der Waals surface area contributed by atoms with E-state index >= 15 is 0 Å². The first-order valence-corrected chi connectivity index (χ1v) is 5.25. The maximum atomic E-state index is 11.7. The van der Waals surface area contributed by atoms with Crippen molar-refractivity contribution in [1.29, 1.82) is 0 Å². The number of hydrogen-bond acceptors (Lipinski definition) is 1. The predicted octanol–water partition coefficient (Wildman–Crippen LogP) is 3.60. The zero-order valence-electron chi connectivity index (χ0n) is 8.51. The van der Waals surface area contributed by atoms with Crippen molar-refractivity contribution in [3.63, 3.8) is 0 Å². The molecule has 3 heteroatoms. The van der Waals surface area contributed by atoms with Gasteiger partial charge in [0.05, 0.1) is 0 Å². The van der Waals surface area contributed by atoms with E-state index < -0.39 is 0 Å². The molecule has 0 saturated carbocycles. The first kappa shape index (κ1) is 10.7. The first-order chi connectivity index (χ1) is 7.75. The Morgan fingerprint density at radius 2 is 1.56 bits per heavy atom. The summed E-state index contributed by atoms with van der Waals surface area (Å²) in [6.45, 7) is 0. The molecule has 0 heterocycles. The third kappa shape index (κ3) is 2.61. The van der Waals surface area contributed by atoms with E-state index in [4.69, 9.17) is 11.6 Å². The maximum Gasteiger partial charge on any atom is 0.216 e. The van der Waals surface area contributed by atoms with Crippen LogP contribution in [-0.2, 0) is 0 Å². The van der Waals surface area contributed by atoms with Crippen molar-refractivity contribution in [2.24, 2.45) is 0 Å². The van der Waals surface area contributed by atoms with E-state index in [1.165, 1.54) is 6.21 Å². The summed E-state index contributed by atoms with van der Waals surface area (Å²) in [5, 5.41) is 12.4. The molecular weight excluding hydrogens is 222 g/mol. The number of hydrogen-bond donors (Lipinski definition) is 0. The first-order valence-electron chi connectivity index (χ1n) is 4.87. The van der Waals surface area contributed by atoms with Crippen LogP contribution in [0.2, 0.25) is 5.02 Å². The van der Waals surface area contributed by atoms with Crippen molar-refractivity contribution in [2.75, 3.05) is 0 Å². The minimum absolute atomic E-state index is 0.563. The molecule has 2 rings (SSSR count). The predicted molar refractivity (Wildman–Crippen MR) is 66.3 cm³/mol. The van der Waals surface area contributed by atoms with Gasteiger partial charge in [0, 0.05) is 22.7 Å². The summed E-state index contributed by atoms with van der Waals surface area (Å²) in [4.78, 5) is 0. The van der Waals surface area contributed by atoms with Crippen LogP contribution >= 0.6 is 11.6 Å². The van der Waals surface area contributed by atoms with Crippen molar-refractivity contribution < 1.29 is 4.74 Å². The van der Waals surface area contributed by atoms with Gasteiger partial charge in [0.1, 0.15) is 0 Å². The van der Waals surface area contributed by atoms with Gasteiger partial charge in [-0.1, -0.05) is 29.8 Å². The molecule has 0 aromatic heterocycles. The summed E-state index contributed by atoms with van der Waals surface area (Å²) in [6, 6.07) is 16.2. The number of nitrogens with zero attached hydrogens (tertiary/aromatic N) is 1. The lowest BCUT2D eigenvalue weighted by atomic mass is 10.2. The standard InChI is InChI=1S/C13H10ClNO/c14-12-6-8-13(9-7-12)15(16)10-11-4-2-1-3-5-11/h1-10H/b15-10-. The molecule has 0 spiro atoms. The van der Waals surface area contributed by atoms with Gasteiger partial charge in [-0.3, -0.25) is 0 Å². The SMILES string of the molecule is [O-]/[N+](=C\c1ccccc1)c1ccc(Cl)cc1. The molecule has 0 aliphatic heterocycles. The van der Waals surface area contributed by atoms with Crippen LogP contribution < -0.4 is 0 Å². The molecule has 0 aliphatic carbocycles. The number of benzene rings is 2. The van der Waals surface area contributed by atoms with Crippen molar-refractivity contribution in [1.82, 2.24) is 0 Å².